The highest BCUT2D eigenvalue weighted by atomic mass is 32.2. The number of ether oxygens (including phenoxy) is 1. The highest BCUT2D eigenvalue weighted by Gasteiger charge is 2.06. The molecular formula is C24H22N4OS. The number of hydrogen-bond donors (Lipinski definition) is 0. The molecule has 0 fully saturated rings. The lowest BCUT2D eigenvalue weighted by molar-refractivity contribution is 0.305. The van der Waals surface area contributed by atoms with Gasteiger partial charge < -0.3 is 4.74 Å². The van der Waals surface area contributed by atoms with Crippen LogP contribution in [0.25, 0.3) is 0 Å². The number of aryl methyl sites for hydroxylation is 1. The summed E-state index contributed by atoms with van der Waals surface area (Å²) in [6.07, 6.45) is 3.39. The van der Waals surface area contributed by atoms with E-state index in [4.69, 9.17) is 4.74 Å². The van der Waals surface area contributed by atoms with Crippen LogP contribution in [0, 0.1) is 6.92 Å². The first kappa shape index (κ1) is 19.9. The van der Waals surface area contributed by atoms with Crippen molar-refractivity contribution in [1.82, 2.24) is 14.9 Å². The maximum Gasteiger partial charge on any atom is 0.212 e. The number of benzene rings is 3. The predicted molar refractivity (Wildman–Crippen MR) is 121 cm³/mol. The maximum atomic E-state index is 6.07. The van der Waals surface area contributed by atoms with E-state index in [1.807, 2.05) is 54.6 Å². The van der Waals surface area contributed by atoms with Crippen LogP contribution in [-0.2, 0) is 12.4 Å². The topological polar surface area (TPSA) is 52.3 Å². The summed E-state index contributed by atoms with van der Waals surface area (Å²) in [6, 6.07) is 26.4. The molecule has 0 radical (unpaired) electrons. The zero-order valence-corrected chi connectivity index (χ0v) is 17.5. The number of aromatic nitrogens is 3. The van der Waals surface area contributed by atoms with E-state index in [2.05, 4.69) is 46.5 Å². The number of hydrogen-bond acceptors (Lipinski definition) is 5. The van der Waals surface area contributed by atoms with Gasteiger partial charge in [0, 0.05) is 11.3 Å². The van der Waals surface area contributed by atoms with Crippen molar-refractivity contribution in [1.29, 1.82) is 0 Å². The van der Waals surface area contributed by atoms with Crippen molar-refractivity contribution in [2.45, 2.75) is 24.4 Å². The molecule has 150 valence electrons. The summed E-state index contributed by atoms with van der Waals surface area (Å²) in [5.41, 5.74) is 4.52. The Hall–Kier alpha value is -3.38. The zero-order chi connectivity index (χ0) is 20.6. The molecule has 4 rings (SSSR count). The molecule has 0 amide bonds. The van der Waals surface area contributed by atoms with Crippen molar-refractivity contribution in [3.8, 4) is 5.75 Å². The molecular weight excluding hydrogens is 392 g/mol. The lowest BCUT2D eigenvalue weighted by Gasteiger charge is -2.10. The third kappa shape index (κ3) is 5.15. The van der Waals surface area contributed by atoms with Gasteiger partial charge in [0.05, 0.1) is 6.21 Å². The van der Waals surface area contributed by atoms with Crippen LogP contribution < -0.4 is 4.74 Å². The van der Waals surface area contributed by atoms with Crippen LogP contribution in [0.15, 0.2) is 95.4 Å². The Morgan fingerprint density at radius 3 is 2.60 bits per heavy atom. The summed E-state index contributed by atoms with van der Waals surface area (Å²) in [7, 11) is 0. The van der Waals surface area contributed by atoms with E-state index in [0.717, 1.165) is 22.2 Å². The average Bonchev–Trinajstić information content (AvgIpc) is 3.24. The molecule has 1 heterocycles. The minimum atomic E-state index is 0.516. The molecule has 0 aliphatic heterocycles. The van der Waals surface area contributed by atoms with E-state index in [1.54, 1.807) is 29.0 Å². The van der Waals surface area contributed by atoms with E-state index in [-0.39, 0.29) is 0 Å². The van der Waals surface area contributed by atoms with Crippen molar-refractivity contribution >= 4 is 18.0 Å². The fourth-order valence-electron chi connectivity index (χ4n) is 2.89. The Bertz CT molecular complexity index is 1120. The third-order valence-corrected chi connectivity index (χ3v) is 5.60. The Morgan fingerprint density at radius 1 is 0.967 bits per heavy atom. The molecule has 5 nitrogen and oxygen atoms in total. The molecule has 6 heteroatoms. The summed E-state index contributed by atoms with van der Waals surface area (Å²) >= 11 is 1.60. The van der Waals surface area contributed by atoms with Gasteiger partial charge in [-0.1, -0.05) is 78.5 Å². The first-order valence-corrected chi connectivity index (χ1v) is 10.7. The standard InChI is InChI=1S/C24H22N4OS/c1-19-9-5-6-13-22(19)16-29-23-14-8-7-12-21(23)15-26-28-18-25-27-24(28)30-17-20-10-3-2-4-11-20/h2-15,18H,16-17H2,1H3/b26-15+. The van der Waals surface area contributed by atoms with Crippen molar-refractivity contribution < 1.29 is 4.74 Å². The van der Waals surface area contributed by atoms with E-state index >= 15 is 0 Å². The smallest absolute Gasteiger partial charge is 0.212 e. The third-order valence-electron chi connectivity index (χ3n) is 4.60. The van der Waals surface area contributed by atoms with Crippen LogP contribution in [0.3, 0.4) is 0 Å². The molecule has 0 bridgehead atoms. The van der Waals surface area contributed by atoms with E-state index in [1.165, 1.54) is 16.7 Å². The molecule has 4 aromatic rings. The zero-order valence-electron chi connectivity index (χ0n) is 16.7. The Morgan fingerprint density at radius 2 is 1.73 bits per heavy atom. The molecule has 1 aromatic heterocycles. The van der Waals surface area contributed by atoms with E-state index < -0.39 is 0 Å². The Balaban J connectivity index is 1.45. The molecule has 0 aliphatic carbocycles. The lowest BCUT2D eigenvalue weighted by Crippen LogP contribution is -2.00. The fraction of sp³-hybridized carbons (Fsp3) is 0.125. The van der Waals surface area contributed by atoms with Gasteiger partial charge in [0.1, 0.15) is 18.7 Å². The molecule has 3 aromatic carbocycles. The SMILES string of the molecule is Cc1ccccc1COc1ccccc1/C=N/n1cnnc1SCc1ccccc1. The van der Waals surface area contributed by atoms with Gasteiger partial charge in [-0.25, -0.2) is 0 Å². The Labute approximate surface area is 180 Å². The van der Waals surface area contributed by atoms with Crippen molar-refractivity contribution in [3.05, 3.63) is 107 Å². The van der Waals surface area contributed by atoms with Crippen LogP contribution in [-0.4, -0.2) is 21.1 Å². The van der Waals surface area contributed by atoms with Crippen molar-refractivity contribution in [2.24, 2.45) is 5.10 Å². The normalized spacial score (nSPS) is 11.1. The first-order valence-electron chi connectivity index (χ1n) is 9.67. The number of para-hydroxylation sites is 1. The Kier molecular flexibility index (Phi) is 6.57. The summed E-state index contributed by atoms with van der Waals surface area (Å²) < 4.78 is 7.76. The molecule has 30 heavy (non-hydrogen) atoms. The van der Waals surface area contributed by atoms with Gasteiger partial charge >= 0.3 is 0 Å². The largest absolute Gasteiger partial charge is 0.488 e. The molecule has 0 N–H and O–H groups in total. The number of thioether (sulfide) groups is 1. The first-order chi connectivity index (χ1) is 14.8. The van der Waals surface area contributed by atoms with Crippen LogP contribution in [0.5, 0.6) is 5.75 Å². The van der Waals surface area contributed by atoms with Crippen LogP contribution in [0.4, 0.5) is 0 Å². The van der Waals surface area contributed by atoms with E-state index in [9.17, 15) is 0 Å². The van der Waals surface area contributed by atoms with E-state index in [0.29, 0.717) is 6.61 Å². The van der Waals surface area contributed by atoms with Gasteiger partial charge in [0.25, 0.3) is 0 Å². The summed E-state index contributed by atoms with van der Waals surface area (Å²) in [4.78, 5) is 0. The average molecular weight is 415 g/mol. The van der Waals surface area contributed by atoms with Gasteiger partial charge in [-0.05, 0) is 35.7 Å². The van der Waals surface area contributed by atoms with Gasteiger partial charge in [-0.2, -0.15) is 9.78 Å². The monoisotopic (exact) mass is 414 g/mol. The second-order valence-electron chi connectivity index (χ2n) is 6.73. The summed E-state index contributed by atoms with van der Waals surface area (Å²) in [5.74, 6) is 1.60. The highest BCUT2D eigenvalue weighted by Crippen LogP contribution is 2.21. The summed E-state index contributed by atoms with van der Waals surface area (Å²) in [5, 5.41) is 13.5. The van der Waals surface area contributed by atoms with Crippen molar-refractivity contribution in [3.63, 3.8) is 0 Å². The maximum absolute atomic E-state index is 6.07. The van der Waals surface area contributed by atoms with Gasteiger partial charge in [0.15, 0.2) is 0 Å². The summed E-state index contributed by atoms with van der Waals surface area (Å²) in [6.45, 7) is 2.61. The highest BCUT2D eigenvalue weighted by molar-refractivity contribution is 7.98. The molecule has 0 saturated heterocycles. The molecule has 0 aliphatic rings. The molecule has 0 atom stereocenters. The number of rotatable bonds is 8. The lowest BCUT2D eigenvalue weighted by atomic mass is 10.1. The van der Waals surface area contributed by atoms with Gasteiger partial charge in [-0.3, -0.25) is 0 Å². The quantitative estimate of drug-likeness (QED) is 0.288. The molecule has 0 unspecified atom stereocenters. The van der Waals surface area contributed by atoms with Crippen LogP contribution in [0.2, 0.25) is 0 Å². The van der Waals surface area contributed by atoms with Gasteiger partial charge in [0.2, 0.25) is 5.16 Å². The van der Waals surface area contributed by atoms with Gasteiger partial charge in [-0.15, -0.1) is 10.2 Å². The molecule has 0 spiro atoms. The second kappa shape index (κ2) is 9.89. The van der Waals surface area contributed by atoms with Crippen LogP contribution in [0.1, 0.15) is 22.3 Å². The molecule has 0 saturated carbocycles. The second-order valence-corrected chi connectivity index (χ2v) is 7.67. The minimum Gasteiger partial charge on any atom is -0.488 e. The fourth-order valence-corrected chi connectivity index (χ4v) is 3.71. The number of nitrogens with zero attached hydrogens (tertiary/aromatic N) is 4. The minimum absolute atomic E-state index is 0.516. The predicted octanol–water partition coefficient (Wildman–Crippen LogP) is 5.34. The van der Waals surface area contributed by atoms with Crippen LogP contribution >= 0.6 is 11.8 Å². The van der Waals surface area contributed by atoms with Crippen molar-refractivity contribution in [2.75, 3.05) is 0 Å².